The molecule has 0 spiro atoms. The van der Waals surface area contributed by atoms with E-state index in [-0.39, 0.29) is 0 Å². The van der Waals surface area contributed by atoms with Crippen LogP contribution in [-0.2, 0) is 0 Å². The van der Waals surface area contributed by atoms with Crippen molar-refractivity contribution in [1.82, 2.24) is 4.98 Å². The van der Waals surface area contributed by atoms with Crippen molar-refractivity contribution >= 4 is 0 Å². The van der Waals surface area contributed by atoms with Crippen LogP contribution in [-0.4, -0.2) is 12.1 Å². The lowest BCUT2D eigenvalue weighted by Crippen LogP contribution is -1.91. The number of hydrogen-bond acceptors (Lipinski definition) is 2. The first-order valence-corrected chi connectivity index (χ1v) is 4.22. The second-order valence-electron chi connectivity index (χ2n) is 2.26. The number of ether oxygens (including phenoxy) is 1. The summed E-state index contributed by atoms with van der Waals surface area (Å²) in [5, 5.41) is 0. The SMILES string of the molecule is CC.COc1ccc(C)c(C)n1. The smallest absolute Gasteiger partial charge is 0.213 e. The third-order valence-corrected chi connectivity index (χ3v) is 1.53. The topological polar surface area (TPSA) is 22.1 Å². The minimum Gasteiger partial charge on any atom is -0.481 e. The van der Waals surface area contributed by atoms with E-state index in [9.17, 15) is 0 Å². The molecule has 0 atom stereocenters. The number of aryl methyl sites for hydroxylation is 2. The Balaban J connectivity index is 0.000000561. The number of hydrogen-bond donors (Lipinski definition) is 0. The van der Waals surface area contributed by atoms with Crippen LogP contribution in [0.15, 0.2) is 12.1 Å². The summed E-state index contributed by atoms with van der Waals surface area (Å²) >= 11 is 0. The molecular formula is C10H17NO. The van der Waals surface area contributed by atoms with Crippen LogP contribution in [0.25, 0.3) is 0 Å². The maximum atomic E-state index is 4.94. The Kier molecular flexibility index (Phi) is 5.09. The molecule has 0 aromatic carbocycles. The molecule has 2 nitrogen and oxygen atoms in total. The van der Waals surface area contributed by atoms with Crippen LogP contribution < -0.4 is 4.74 Å². The molecule has 0 saturated heterocycles. The van der Waals surface area contributed by atoms with Crippen LogP contribution in [0, 0.1) is 13.8 Å². The van der Waals surface area contributed by atoms with E-state index in [1.807, 2.05) is 39.8 Å². The molecule has 2 heteroatoms. The van der Waals surface area contributed by atoms with Gasteiger partial charge in [0.2, 0.25) is 5.88 Å². The largest absolute Gasteiger partial charge is 0.481 e. The summed E-state index contributed by atoms with van der Waals surface area (Å²) in [6.45, 7) is 8.00. The predicted octanol–water partition coefficient (Wildman–Crippen LogP) is 2.73. The average molecular weight is 167 g/mol. The van der Waals surface area contributed by atoms with Crippen LogP contribution >= 0.6 is 0 Å². The maximum absolute atomic E-state index is 4.94. The van der Waals surface area contributed by atoms with Gasteiger partial charge in [-0.15, -0.1) is 0 Å². The minimum atomic E-state index is 0.683. The highest BCUT2D eigenvalue weighted by atomic mass is 16.5. The molecule has 0 aliphatic carbocycles. The first kappa shape index (κ1) is 11.0. The van der Waals surface area contributed by atoms with Crippen LogP contribution in [0.3, 0.4) is 0 Å². The van der Waals surface area contributed by atoms with E-state index < -0.39 is 0 Å². The molecule has 0 fully saturated rings. The standard InChI is InChI=1S/C8H11NO.C2H6/c1-6-4-5-8(10-3)9-7(6)2;1-2/h4-5H,1-3H3;1-2H3. The van der Waals surface area contributed by atoms with E-state index in [0.29, 0.717) is 5.88 Å². The summed E-state index contributed by atoms with van der Waals surface area (Å²) in [6, 6.07) is 3.86. The van der Waals surface area contributed by atoms with Gasteiger partial charge in [0.1, 0.15) is 0 Å². The molecule has 1 aromatic heterocycles. The summed E-state index contributed by atoms with van der Waals surface area (Å²) in [7, 11) is 1.62. The molecule has 0 aliphatic heterocycles. The lowest BCUT2D eigenvalue weighted by Gasteiger charge is -2.01. The number of methoxy groups -OCH3 is 1. The first-order chi connectivity index (χ1) is 5.74. The Bertz CT molecular complexity index is 233. The Morgan fingerprint density at radius 2 is 1.75 bits per heavy atom. The lowest BCUT2D eigenvalue weighted by molar-refractivity contribution is 0.396. The van der Waals surface area contributed by atoms with Gasteiger partial charge in [-0.05, 0) is 19.4 Å². The predicted molar refractivity (Wildman–Crippen MR) is 51.6 cm³/mol. The summed E-state index contributed by atoms with van der Waals surface area (Å²) in [5.74, 6) is 0.683. The van der Waals surface area contributed by atoms with Crippen molar-refractivity contribution in [3.8, 4) is 5.88 Å². The van der Waals surface area contributed by atoms with Crippen molar-refractivity contribution in [3.63, 3.8) is 0 Å². The molecule has 1 heterocycles. The number of aromatic nitrogens is 1. The van der Waals surface area contributed by atoms with E-state index in [1.54, 1.807) is 7.11 Å². The lowest BCUT2D eigenvalue weighted by atomic mass is 10.2. The van der Waals surface area contributed by atoms with Gasteiger partial charge >= 0.3 is 0 Å². The van der Waals surface area contributed by atoms with E-state index in [0.717, 1.165) is 5.69 Å². The Morgan fingerprint density at radius 3 is 2.17 bits per heavy atom. The normalized spacial score (nSPS) is 8.42. The highest BCUT2D eigenvalue weighted by Crippen LogP contribution is 2.09. The fourth-order valence-electron chi connectivity index (χ4n) is 0.721. The highest BCUT2D eigenvalue weighted by Gasteiger charge is 1.94. The maximum Gasteiger partial charge on any atom is 0.213 e. The number of pyridine rings is 1. The zero-order valence-corrected chi connectivity index (χ0v) is 8.51. The van der Waals surface area contributed by atoms with Crippen molar-refractivity contribution in [2.45, 2.75) is 27.7 Å². The molecular weight excluding hydrogens is 150 g/mol. The fourth-order valence-corrected chi connectivity index (χ4v) is 0.721. The van der Waals surface area contributed by atoms with Crippen LogP contribution in [0.4, 0.5) is 0 Å². The van der Waals surface area contributed by atoms with Gasteiger partial charge in [-0.2, -0.15) is 0 Å². The molecule has 0 bridgehead atoms. The van der Waals surface area contributed by atoms with Gasteiger partial charge in [0.25, 0.3) is 0 Å². The third kappa shape index (κ3) is 2.91. The zero-order valence-electron chi connectivity index (χ0n) is 8.51. The number of nitrogens with zero attached hydrogens (tertiary/aromatic N) is 1. The molecule has 0 amide bonds. The van der Waals surface area contributed by atoms with Crippen LogP contribution in [0.2, 0.25) is 0 Å². The molecule has 1 aromatic rings. The van der Waals surface area contributed by atoms with Gasteiger partial charge in [-0.25, -0.2) is 4.98 Å². The monoisotopic (exact) mass is 167 g/mol. The second kappa shape index (κ2) is 5.58. The van der Waals surface area contributed by atoms with Crippen molar-refractivity contribution in [2.24, 2.45) is 0 Å². The zero-order chi connectivity index (χ0) is 9.56. The summed E-state index contributed by atoms with van der Waals surface area (Å²) < 4.78 is 4.94. The van der Waals surface area contributed by atoms with Crippen molar-refractivity contribution in [2.75, 3.05) is 7.11 Å². The van der Waals surface area contributed by atoms with Crippen molar-refractivity contribution < 1.29 is 4.74 Å². The van der Waals surface area contributed by atoms with E-state index in [2.05, 4.69) is 4.98 Å². The number of rotatable bonds is 1. The van der Waals surface area contributed by atoms with E-state index in [1.165, 1.54) is 5.56 Å². The summed E-state index contributed by atoms with van der Waals surface area (Å²) in [4.78, 5) is 4.17. The molecule has 12 heavy (non-hydrogen) atoms. The molecule has 0 N–H and O–H groups in total. The molecule has 1 rings (SSSR count). The third-order valence-electron chi connectivity index (χ3n) is 1.53. The molecule has 68 valence electrons. The Morgan fingerprint density at radius 1 is 1.17 bits per heavy atom. The first-order valence-electron chi connectivity index (χ1n) is 4.22. The quantitative estimate of drug-likeness (QED) is 0.641. The molecule has 0 aliphatic rings. The van der Waals surface area contributed by atoms with Gasteiger partial charge in [0.15, 0.2) is 0 Å². The van der Waals surface area contributed by atoms with Crippen LogP contribution in [0.1, 0.15) is 25.1 Å². The van der Waals surface area contributed by atoms with Gasteiger partial charge in [-0.1, -0.05) is 19.9 Å². The average Bonchev–Trinajstić information content (AvgIpc) is 2.13. The van der Waals surface area contributed by atoms with E-state index in [4.69, 9.17) is 4.74 Å². The Labute approximate surface area is 74.6 Å². The fraction of sp³-hybridized carbons (Fsp3) is 0.500. The van der Waals surface area contributed by atoms with Crippen molar-refractivity contribution in [1.29, 1.82) is 0 Å². The highest BCUT2D eigenvalue weighted by molar-refractivity contribution is 5.23. The Hall–Kier alpha value is -1.05. The van der Waals surface area contributed by atoms with Gasteiger partial charge in [-0.3, -0.25) is 0 Å². The second-order valence-corrected chi connectivity index (χ2v) is 2.26. The molecule has 0 saturated carbocycles. The minimum absolute atomic E-state index is 0.683. The van der Waals surface area contributed by atoms with E-state index >= 15 is 0 Å². The summed E-state index contributed by atoms with van der Waals surface area (Å²) in [6.07, 6.45) is 0. The van der Waals surface area contributed by atoms with Gasteiger partial charge < -0.3 is 4.74 Å². The van der Waals surface area contributed by atoms with Gasteiger partial charge in [0, 0.05) is 11.8 Å². The van der Waals surface area contributed by atoms with Gasteiger partial charge in [0.05, 0.1) is 7.11 Å². The molecule has 0 unspecified atom stereocenters. The van der Waals surface area contributed by atoms with Crippen molar-refractivity contribution in [3.05, 3.63) is 23.4 Å². The van der Waals surface area contributed by atoms with Crippen LogP contribution in [0.5, 0.6) is 5.88 Å². The molecule has 0 radical (unpaired) electrons. The summed E-state index contributed by atoms with van der Waals surface area (Å²) in [5.41, 5.74) is 2.22.